The Hall–Kier alpha value is -1.49. The molecule has 1 aromatic rings. The summed E-state index contributed by atoms with van der Waals surface area (Å²) in [6, 6.07) is 4.87. The highest BCUT2D eigenvalue weighted by molar-refractivity contribution is 7.89. The van der Waals surface area contributed by atoms with Crippen molar-refractivity contribution in [1.82, 2.24) is 10.0 Å². The molecule has 1 saturated heterocycles. The first-order valence-corrected chi connectivity index (χ1v) is 8.25. The van der Waals surface area contributed by atoms with E-state index in [9.17, 15) is 12.8 Å². The van der Waals surface area contributed by atoms with Gasteiger partial charge in [0, 0.05) is 6.54 Å². The second-order valence-electron chi connectivity index (χ2n) is 5.64. The predicted octanol–water partition coefficient (Wildman–Crippen LogP) is 1.37. The Morgan fingerprint density at radius 2 is 2.10 bits per heavy atom. The van der Waals surface area contributed by atoms with Crippen molar-refractivity contribution in [3.8, 4) is 6.07 Å². The van der Waals surface area contributed by atoms with Crippen molar-refractivity contribution < 1.29 is 12.8 Å². The van der Waals surface area contributed by atoms with Gasteiger partial charge in [0.15, 0.2) is 0 Å². The molecule has 0 spiro atoms. The molecule has 0 unspecified atom stereocenters. The van der Waals surface area contributed by atoms with Crippen molar-refractivity contribution in [3.63, 3.8) is 0 Å². The highest BCUT2D eigenvalue weighted by Crippen LogP contribution is 2.27. The minimum atomic E-state index is -3.74. The molecule has 1 fully saturated rings. The van der Waals surface area contributed by atoms with Crippen LogP contribution in [0.25, 0.3) is 0 Å². The lowest BCUT2D eigenvalue weighted by Crippen LogP contribution is -2.42. The summed E-state index contributed by atoms with van der Waals surface area (Å²) in [7, 11) is -3.74. The van der Waals surface area contributed by atoms with Crippen LogP contribution in [-0.2, 0) is 10.0 Å². The molecular formula is C14H18FN3O2S. The number of piperidine rings is 1. The van der Waals surface area contributed by atoms with Gasteiger partial charge in [-0.1, -0.05) is 6.92 Å². The van der Waals surface area contributed by atoms with E-state index in [4.69, 9.17) is 5.26 Å². The van der Waals surface area contributed by atoms with Gasteiger partial charge in [-0.3, -0.25) is 0 Å². The van der Waals surface area contributed by atoms with Crippen LogP contribution in [0, 0.1) is 22.6 Å². The molecule has 0 atom stereocenters. The lowest BCUT2D eigenvalue weighted by molar-refractivity contribution is 0.232. The van der Waals surface area contributed by atoms with Gasteiger partial charge in [-0.25, -0.2) is 17.5 Å². The third-order valence-electron chi connectivity index (χ3n) is 3.87. The lowest BCUT2D eigenvalue weighted by Gasteiger charge is -2.34. The second kappa shape index (κ2) is 6.10. The maximum Gasteiger partial charge on any atom is 0.240 e. The number of nitrogens with one attached hydrogen (secondary N) is 2. The summed E-state index contributed by atoms with van der Waals surface area (Å²) in [6.07, 6.45) is 1.78. The molecule has 0 aliphatic carbocycles. The third kappa shape index (κ3) is 3.79. The van der Waals surface area contributed by atoms with Gasteiger partial charge in [-0.05, 0) is 49.5 Å². The molecule has 114 valence electrons. The Morgan fingerprint density at radius 1 is 1.43 bits per heavy atom. The monoisotopic (exact) mass is 311 g/mol. The van der Waals surface area contributed by atoms with Gasteiger partial charge in [0.1, 0.15) is 11.9 Å². The quantitative estimate of drug-likeness (QED) is 0.880. The van der Waals surface area contributed by atoms with Crippen molar-refractivity contribution in [2.24, 2.45) is 5.41 Å². The largest absolute Gasteiger partial charge is 0.317 e. The fourth-order valence-electron chi connectivity index (χ4n) is 2.32. The molecule has 0 saturated carbocycles. The molecule has 1 aliphatic rings. The summed E-state index contributed by atoms with van der Waals surface area (Å²) in [4.78, 5) is -0.0852. The molecule has 0 amide bonds. The third-order valence-corrected chi connectivity index (χ3v) is 5.27. The molecule has 7 heteroatoms. The highest BCUT2D eigenvalue weighted by Gasteiger charge is 2.28. The number of rotatable bonds is 4. The molecule has 0 bridgehead atoms. The molecule has 21 heavy (non-hydrogen) atoms. The van der Waals surface area contributed by atoms with Crippen LogP contribution in [0.15, 0.2) is 23.1 Å². The Morgan fingerprint density at radius 3 is 2.71 bits per heavy atom. The number of hydrogen-bond donors (Lipinski definition) is 2. The van der Waals surface area contributed by atoms with E-state index in [1.54, 1.807) is 6.07 Å². The topological polar surface area (TPSA) is 82.0 Å². The van der Waals surface area contributed by atoms with Crippen molar-refractivity contribution in [1.29, 1.82) is 5.26 Å². The van der Waals surface area contributed by atoms with E-state index in [2.05, 4.69) is 10.0 Å². The standard InChI is InChI=1S/C14H18FN3O2S/c1-14(4-6-17-7-5-14)10-18-21(19,20)12-2-3-13(15)11(8-12)9-16/h2-3,8,17-18H,4-7,10H2,1H3. The first-order chi connectivity index (χ1) is 9.86. The van der Waals surface area contributed by atoms with Gasteiger partial charge in [0.2, 0.25) is 10.0 Å². The van der Waals surface area contributed by atoms with E-state index < -0.39 is 15.8 Å². The summed E-state index contributed by atoms with van der Waals surface area (Å²) < 4.78 is 40.3. The number of benzene rings is 1. The number of sulfonamides is 1. The fourth-order valence-corrected chi connectivity index (χ4v) is 3.54. The van der Waals surface area contributed by atoms with E-state index >= 15 is 0 Å². The number of halogens is 1. The van der Waals surface area contributed by atoms with Gasteiger partial charge in [0.05, 0.1) is 10.5 Å². The average Bonchev–Trinajstić information content (AvgIpc) is 2.46. The van der Waals surface area contributed by atoms with Crippen molar-refractivity contribution in [2.45, 2.75) is 24.7 Å². The zero-order valence-electron chi connectivity index (χ0n) is 11.8. The predicted molar refractivity (Wildman–Crippen MR) is 76.5 cm³/mol. The summed E-state index contributed by atoms with van der Waals surface area (Å²) in [5.41, 5.74) is -0.359. The zero-order chi connectivity index (χ0) is 15.5. The molecule has 2 rings (SSSR count). The van der Waals surface area contributed by atoms with Crippen LogP contribution < -0.4 is 10.0 Å². The smallest absolute Gasteiger partial charge is 0.240 e. The summed E-state index contributed by atoms with van der Waals surface area (Å²) in [6.45, 7) is 4.11. The SMILES string of the molecule is CC1(CNS(=O)(=O)c2ccc(F)c(C#N)c2)CCNCC1. The molecule has 1 aromatic carbocycles. The van der Waals surface area contributed by atoms with E-state index in [-0.39, 0.29) is 15.9 Å². The number of nitrogens with zero attached hydrogens (tertiary/aromatic N) is 1. The Bertz CT molecular complexity index is 661. The Labute approximate surface area is 124 Å². The van der Waals surface area contributed by atoms with Gasteiger partial charge < -0.3 is 5.32 Å². The van der Waals surface area contributed by atoms with Crippen LogP contribution in [0.2, 0.25) is 0 Å². The first kappa shape index (κ1) is 15.9. The maximum atomic E-state index is 13.3. The second-order valence-corrected chi connectivity index (χ2v) is 7.41. The molecule has 5 nitrogen and oxygen atoms in total. The van der Waals surface area contributed by atoms with Gasteiger partial charge >= 0.3 is 0 Å². The van der Waals surface area contributed by atoms with Crippen LogP contribution >= 0.6 is 0 Å². The molecule has 0 aromatic heterocycles. The van der Waals surface area contributed by atoms with Gasteiger partial charge in [0.25, 0.3) is 0 Å². The minimum Gasteiger partial charge on any atom is -0.317 e. The van der Waals surface area contributed by atoms with Gasteiger partial charge in [-0.2, -0.15) is 5.26 Å². The maximum absolute atomic E-state index is 13.3. The zero-order valence-corrected chi connectivity index (χ0v) is 12.6. The summed E-state index contributed by atoms with van der Waals surface area (Å²) in [5.74, 6) is -0.721. The van der Waals surface area contributed by atoms with E-state index in [0.717, 1.165) is 38.1 Å². The molecular weight excluding hydrogens is 293 g/mol. The average molecular weight is 311 g/mol. The lowest BCUT2D eigenvalue weighted by atomic mass is 9.81. The van der Waals surface area contributed by atoms with E-state index in [1.165, 1.54) is 6.07 Å². The number of nitriles is 1. The van der Waals surface area contributed by atoms with Crippen molar-refractivity contribution in [3.05, 3.63) is 29.6 Å². The highest BCUT2D eigenvalue weighted by atomic mass is 32.2. The van der Waals surface area contributed by atoms with E-state index in [0.29, 0.717) is 6.54 Å². The Kier molecular flexibility index (Phi) is 4.61. The molecule has 0 radical (unpaired) electrons. The van der Waals surface area contributed by atoms with Crippen molar-refractivity contribution >= 4 is 10.0 Å². The normalized spacial score (nSPS) is 18.1. The minimum absolute atomic E-state index is 0.0852. The number of hydrogen-bond acceptors (Lipinski definition) is 4. The van der Waals surface area contributed by atoms with Crippen LogP contribution in [0.3, 0.4) is 0 Å². The van der Waals surface area contributed by atoms with Crippen LogP contribution in [0.5, 0.6) is 0 Å². The first-order valence-electron chi connectivity index (χ1n) is 6.76. The van der Waals surface area contributed by atoms with Crippen LogP contribution in [0.1, 0.15) is 25.3 Å². The van der Waals surface area contributed by atoms with Crippen molar-refractivity contribution in [2.75, 3.05) is 19.6 Å². The summed E-state index contributed by atoms with van der Waals surface area (Å²) in [5, 5.41) is 12.0. The molecule has 2 N–H and O–H groups in total. The Balaban J connectivity index is 2.13. The van der Waals surface area contributed by atoms with Gasteiger partial charge in [-0.15, -0.1) is 0 Å². The molecule has 1 aliphatic heterocycles. The van der Waals surface area contributed by atoms with Crippen LogP contribution in [0.4, 0.5) is 4.39 Å². The summed E-state index contributed by atoms with van der Waals surface area (Å²) >= 11 is 0. The van der Waals surface area contributed by atoms with Crippen LogP contribution in [-0.4, -0.2) is 28.1 Å². The fraction of sp³-hybridized carbons (Fsp3) is 0.500. The van der Waals surface area contributed by atoms with E-state index in [1.807, 2.05) is 6.92 Å². The molecule has 1 heterocycles.